The van der Waals surface area contributed by atoms with Crippen molar-refractivity contribution in [2.24, 2.45) is 11.8 Å². The van der Waals surface area contributed by atoms with Crippen molar-refractivity contribution in [3.63, 3.8) is 0 Å². The van der Waals surface area contributed by atoms with E-state index in [9.17, 15) is 10.1 Å². The van der Waals surface area contributed by atoms with E-state index < -0.39 is 5.54 Å². The maximum atomic E-state index is 12.3. The fraction of sp³-hybridized carbons (Fsp3) is 0.600. The second-order valence-corrected chi connectivity index (χ2v) is 7.21. The molecule has 0 radical (unpaired) electrons. The van der Waals surface area contributed by atoms with Gasteiger partial charge >= 0.3 is 0 Å². The van der Waals surface area contributed by atoms with Crippen LogP contribution in [0.5, 0.6) is 0 Å². The van der Waals surface area contributed by atoms with E-state index in [1.165, 1.54) is 11.1 Å². The van der Waals surface area contributed by atoms with Crippen molar-refractivity contribution in [2.75, 3.05) is 6.54 Å². The molecule has 0 unspecified atom stereocenters. The van der Waals surface area contributed by atoms with Crippen LogP contribution in [-0.4, -0.2) is 18.0 Å². The number of hydrogen-bond acceptors (Lipinski definition) is 3. The molecule has 24 heavy (non-hydrogen) atoms. The Balaban J connectivity index is 2.73. The zero-order chi connectivity index (χ0) is 18.3. The number of aryl methyl sites for hydroxylation is 1. The first-order valence-corrected chi connectivity index (χ1v) is 8.78. The fourth-order valence-corrected chi connectivity index (χ4v) is 2.54. The highest BCUT2D eigenvalue weighted by Crippen LogP contribution is 2.22. The number of amides is 1. The Morgan fingerprint density at radius 2 is 1.79 bits per heavy atom. The van der Waals surface area contributed by atoms with Crippen molar-refractivity contribution in [2.45, 2.75) is 59.5 Å². The summed E-state index contributed by atoms with van der Waals surface area (Å²) in [7, 11) is 0. The molecule has 0 fully saturated rings. The molecule has 0 aliphatic heterocycles. The van der Waals surface area contributed by atoms with Crippen LogP contribution in [0, 0.1) is 23.2 Å². The van der Waals surface area contributed by atoms with E-state index >= 15 is 0 Å². The van der Waals surface area contributed by atoms with Crippen molar-refractivity contribution in [1.29, 1.82) is 5.26 Å². The summed E-state index contributed by atoms with van der Waals surface area (Å²) in [5, 5.41) is 15.5. The lowest BCUT2D eigenvalue weighted by atomic mass is 9.90. The molecule has 0 bridgehead atoms. The Kier molecular flexibility index (Phi) is 7.44. The molecule has 132 valence electrons. The molecule has 4 nitrogen and oxygen atoms in total. The number of benzene rings is 1. The van der Waals surface area contributed by atoms with Crippen LogP contribution < -0.4 is 10.6 Å². The third-order valence-electron chi connectivity index (χ3n) is 4.68. The van der Waals surface area contributed by atoms with Crippen LogP contribution in [0.15, 0.2) is 24.3 Å². The van der Waals surface area contributed by atoms with Crippen LogP contribution >= 0.6 is 0 Å². The highest BCUT2D eigenvalue weighted by atomic mass is 16.2. The topological polar surface area (TPSA) is 64.9 Å². The highest BCUT2D eigenvalue weighted by Gasteiger charge is 2.30. The first kappa shape index (κ1) is 20.2. The Hall–Kier alpha value is -1.86. The van der Waals surface area contributed by atoms with E-state index in [-0.39, 0.29) is 24.4 Å². The van der Waals surface area contributed by atoms with Crippen molar-refractivity contribution in [3.8, 4) is 6.07 Å². The summed E-state index contributed by atoms with van der Waals surface area (Å²) in [4.78, 5) is 12.3. The molecule has 0 spiro atoms. The van der Waals surface area contributed by atoms with Gasteiger partial charge in [0.1, 0.15) is 5.54 Å². The van der Waals surface area contributed by atoms with Crippen molar-refractivity contribution in [1.82, 2.24) is 10.6 Å². The van der Waals surface area contributed by atoms with Crippen molar-refractivity contribution in [3.05, 3.63) is 35.4 Å². The highest BCUT2D eigenvalue weighted by molar-refractivity contribution is 5.79. The number of hydrogen-bond donors (Lipinski definition) is 2. The monoisotopic (exact) mass is 329 g/mol. The van der Waals surface area contributed by atoms with Gasteiger partial charge in [0.25, 0.3) is 0 Å². The minimum atomic E-state index is -0.838. The molecule has 1 aromatic rings. The van der Waals surface area contributed by atoms with Gasteiger partial charge in [0, 0.05) is 6.04 Å². The van der Waals surface area contributed by atoms with Crippen molar-refractivity contribution < 1.29 is 4.79 Å². The molecular weight excluding hydrogens is 298 g/mol. The van der Waals surface area contributed by atoms with Crippen molar-refractivity contribution >= 4 is 5.91 Å². The first-order valence-electron chi connectivity index (χ1n) is 8.78. The van der Waals surface area contributed by atoms with Gasteiger partial charge in [-0.05, 0) is 36.3 Å². The SMILES string of the molecule is CCc1ccc([C@@H](NCC(=O)N[C@](C)(C#N)C(C)C)C(C)C)cc1. The van der Waals surface area contributed by atoms with Crippen LogP contribution in [0.1, 0.15) is 58.7 Å². The molecular formula is C20H31N3O. The standard InChI is InChI=1S/C20H31N3O/c1-7-16-8-10-17(11-9-16)19(14(2)3)22-12-18(24)23-20(6,13-21)15(4)5/h8-11,14-15,19,22H,7,12H2,1-6H3,(H,23,24)/t19-,20+/m0/s1. The first-order chi connectivity index (χ1) is 11.2. The van der Waals surface area contributed by atoms with E-state index in [1.54, 1.807) is 6.92 Å². The van der Waals surface area contributed by atoms with Gasteiger partial charge in [-0.3, -0.25) is 4.79 Å². The molecule has 0 aromatic heterocycles. The zero-order valence-electron chi connectivity index (χ0n) is 15.8. The van der Waals surface area contributed by atoms with E-state index in [0.717, 1.165) is 6.42 Å². The molecule has 4 heteroatoms. The predicted molar refractivity (Wildman–Crippen MR) is 98.4 cm³/mol. The van der Waals surface area contributed by atoms with E-state index in [0.29, 0.717) is 5.92 Å². The molecule has 0 heterocycles. The molecule has 0 aliphatic rings. The average Bonchev–Trinajstić information content (AvgIpc) is 2.54. The fourth-order valence-electron chi connectivity index (χ4n) is 2.54. The lowest BCUT2D eigenvalue weighted by Crippen LogP contribution is -2.51. The summed E-state index contributed by atoms with van der Waals surface area (Å²) in [5.41, 5.74) is 1.65. The maximum Gasteiger partial charge on any atom is 0.235 e. The third-order valence-corrected chi connectivity index (χ3v) is 4.68. The van der Waals surface area contributed by atoms with Gasteiger partial charge in [0.2, 0.25) is 5.91 Å². The Morgan fingerprint density at radius 1 is 1.21 bits per heavy atom. The van der Waals surface area contributed by atoms with E-state index in [4.69, 9.17) is 0 Å². The number of rotatable bonds is 8. The van der Waals surface area contributed by atoms with Gasteiger partial charge in [-0.25, -0.2) is 0 Å². The summed E-state index contributed by atoms with van der Waals surface area (Å²) < 4.78 is 0. The normalized spacial score (nSPS) is 15.0. The molecule has 0 aliphatic carbocycles. The van der Waals surface area contributed by atoms with Gasteiger partial charge in [-0.15, -0.1) is 0 Å². The van der Waals surface area contributed by atoms with Gasteiger partial charge in [-0.1, -0.05) is 58.9 Å². The van der Waals surface area contributed by atoms with Gasteiger partial charge in [0.05, 0.1) is 12.6 Å². The summed E-state index contributed by atoms with van der Waals surface area (Å²) in [6, 6.07) is 10.8. The number of nitriles is 1. The second kappa shape index (κ2) is 8.84. The molecule has 1 rings (SSSR count). The van der Waals surface area contributed by atoms with Crippen LogP contribution in [0.4, 0.5) is 0 Å². The Morgan fingerprint density at radius 3 is 2.21 bits per heavy atom. The largest absolute Gasteiger partial charge is 0.337 e. The maximum absolute atomic E-state index is 12.3. The molecule has 0 saturated carbocycles. The summed E-state index contributed by atoms with van der Waals surface area (Å²) in [6.45, 7) is 12.2. The lowest BCUT2D eigenvalue weighted by molar-refractivity contribution is -0.122. The minimum absolute atomic E-state index is 0.0499. The predicted octanol–water partition coefficient (Wildman–Crippen LogP) is 3.59. The Labute approximate surface area is 146 Å². The zero-order valence-corrected chi connectivity index (χ0v) is 15.8. The van der Waals surface area contributed by atoms with E-state index in [2.05, 4.69) is 61.7 Å². The smallest absolute Gasteiger partial charge is 0.235 e. The minimum Gasteiger partial charge on any atom is -0.337 e. The summed E-state index contributed by atoms with van der Waals surface area (Å²) in [6.07, 6.45) is 1.02. The molecule has 1 amide bonds. The quantitative estimate of drug-likeness (QED) is 0.766. The van der Waals surface area contributed by atoms with Crippen LogP contribution in [0.2, 0.25) is 0 Å². The molecule has 1 aromatic carbocycles. The molecule has 0 saturated heterocycles. The molecule has 2 atom stereocenters. The van der Waals surface area contributed by atoms with Gasteiger partial charge in [-0.2, -0.15) is 5.26 Å². The lowest BCUT2D eigenvalue weighted by Gasteiger charge is -2.28. The summed E-state index contributed by atoms with van der Waals surface area (Å²) >= 11 is 0. The molecule has 2 N–H and O–H groups in total. The number of nitrogens with zero attached hydrogens (tertiary/aromatic N) is 1. The Bertz CT molecular complexity index is 572. The number of carbonyl (C=O) groups excluding carboxylic acids is 1. The third kappa shape index (κ3) is 5.35. The second-order valence-electron chi connectivity index (χ2n) is 7.21. The average molecular weight is 329 g/mol. The number of nitrogens with one attached hydrogen (secondary N) is 2. The van der Waals surface area contributed by atoms with E-state index in [1.807, 2.05) is 13.8 Å². The van der Waals surface area contributed by atoms with Gasteiger partial charge in [0.15, 0.2) is 0 Å². The van der Waals surface area contributed by atoms with Crippen LogP contribution in [0.25, 0.3) is 0 Å². The summed E-state index contributed by atoms with van der Waals surface area (Å²) in [5.74, 6) is 0.259. The van der Waals surface area contributed by atoms with Crippen LogP contribution in [0.3, 0.4) is 0 Å². The van der Waals surface area contributed by atoms with Gasteiger partial charge < -0.3 is 10.6 Å². The van der Waals surface area contributed by atoms with Crippen LogP contribution in [-0.2, 0) is 11.2 Å². The number of carbonyl (C=O) groups is 1.